The molecule has 0 saturated heterocycles. The second kappa shape index (κ2) is 3.30. The number of aryl methyl sites for hydroxylation is 2. The van der Waals surface area contributed by atoms with E-state index < -0.39 is 0 Å². The van der Waals surface area contributed by atoms with Gasteiger partial charge in [-0.25, -0.2) is 0 Å². The first-order chi connectivity index (χ1) is 7.40. The normalized spacial score (nSPS) is 15.3. The molecular formula is C13H14O2. The molecule has 1 aromatic carbocycles. The van der Waals surface area contributed by atoms with E-state index in [2.05, 4.69) is 0 Å². The molecule has 0 radical (unpaired) electrons. The first-order valence-electron chi connectivity index (χ1n) is 5.47. The third kappa shape index (κ3) is 1.24. The van der Waals surface area contributed by atoms with Crippen molar-refractivity contribution in [1.29, 1.82) is 0 Å². The van der Waals surface area contributed by atoms with Crippen LogP contribution < -0.4 is 4.74 Å². The average Bonchev–Trinajstić information content (AvgIpc) is 2.67. The summed E-state index contributed by atoms with van der Waals surface area (Å²) >= 11 is 0. The van der Waals surface area contributed by atoms with Crippen molar-refractivity contribution in [2.45, 2.75) is 25.7 Å². The first-order valence-corrected chi connectivity index (χ1v) is 5.47. The molecule has 15 heavy (non-hydrogen) atoms. The summed E-state index contributed by atoms with van der Waals surface area (Å²) < 4.78 is 11.2. The Labute approximate surface area is 88.8 Å². The lowest BCUT2D eigenvalue weighted by molar-refractivity contribution is 0.419. The summed E-state index contributed by atoms with van der Waals surface area (Å²) in [6.45, 7) is 0. The fourth-order valence-electron chi connectivity index (χ4n) is 2.45. The molecule has 1 heterocycles. The number of hydrogen-bond donors (Lipinski definition) is 0. The molecule has 2 heteroatoms. The monoisotopic (exact) mass is 202 g/mol. The summed E-state index contributed by atoms with van der Waals surface area (Å²) in [6, 6.07) is 6.01. The maximum absolute atomic E-state index is 5.85. The van der Waals surface area contributed by atoms with E-state index in [0.717, 1.165) is 24.2 Å². The van der Waals surface area contributed by atoms with Gasteiger partial charge >= 0.3 is 0 Å². The Balaban J connectivity index is 2.33. The van der Waals surface area contributed by atoms with Crippen molar-refractivity contribution in [3.8, 4) is 5.75 Å². The van der Waals surface area contributed by atoms with E-state index in [-0.39, 0.29) is 0 Å². The number of benzene rings is 1. The Kier molecular flexibility index (Phi) is 1.94. The van der Waals surface area contributed by atoms with Crippen molar-refractivity contribution >= 4 is 11.0 Å². The minimum Gasteiger partial charge on any atom is -0.496 e. The van der Waals surface area contributed by atoms with Crippen LogP contribution >= 0.6 is 0 Å². The maximum atomic E-state index is 5.85. The van der Waals surface area contributed by atoms with Gasteiger partial charge < -0.3 is 9.15 Å². The van der Waals surface area contributed by atoms with Crippen molar-refractivity contribution in [1.82, 2.24) is 0 Å². The van der Waals surface area contributed by atoms with Crippen molar-refractivity contribution in [3.05, 3.63) is 29.5 Å². The zero-order chi connectivity index (χ0) is 10.3. The second-order valence-electron chi connectivity index (χ2n) is 4.04. The zero-order valence-corrected chi connectivity index (χ0v) is 8.88. The standard InChI is InChI=1S/C13H14O2/c1-14-11-7-4-8-12-13(11)9-5-2-3-6-10(9)15-12/h4,7-8H,2-3,5-6H2,1H3. The van der Waals surface area contributed by atoms with Gasteiger partial charge in [0.2, 0.25) is 0 Å². The average molecular weight is 202 g/mol. The SMILES string of the molecule is COc1cccc2oc3c(c12)CCCC3. The van der Waals surface area contributed by atoms with Crippen LogP contribution in [0, 0.1) is 0 Å². The Hall–Kier alpha value is -1.44. The number of hydrogen-bond acceptors (Lipinski definition) is 2. The third-order valence-corrected chi connectivity index (χ3v) is 3.16. The highest BCUT2D eigenvalue weighted by Crippen LogP contribution is 2.37. The van der Waals surface area contributed by atoms with E-state index in [1.165, 1.54) is 29.6 Å². The summed E-state index contributed by atoms with van der Waals surface area (Å²) in [4.78, 5) is 0. The van der Waals surface area contributed by atoms with Crippen LogP contribution in [0.3, 0.4) is 0 Å². The van der Waals surface area contributed by atoms with Crippen molar-refractivity contribution < 1.29 is 9.15 Å². The van der Waals surface area contributed by atoms with E-state index in [1.54, 1.807) is 7.11 Å². The van der Waals surface area contributed by atoms with Gasteiger partial charge in [0, 0.05) is 12.0 Å². The first kappa shape index (κ1) is 8.84. The van der Waals surface area contributed by atoms with Crippen LogP contribution in [0.4, 0.5) is 0 Å². The van der Waals surface area contributed by atoms with Crippen molar-refractivity contribution in [2.75, 3.05) is 7.11 Å². The van der Waals surface area contributed by atoms with Crippen molar-refractivity contribution in [3.63, 3.8) is 0 Å². The molecule has 0 bridgehead atoms. The molecule has 0 amide bonds. The van der Waals surface area contributed by atoms with Gasteiger partial charge in [0.1, 0.15) is 17.1 Å². The molecular weight excluding hydrogens is 188 g/mol. The third-order valence-electron chi connectivity index (χ3n) is 3.16. The quantitative estimate of drug-likeness (QED) is 0.707. The molecule has 1 aromatic heterocycles. The highest BCUT2D eigenvalue weighted by Gasteiger charge is 2.19. The van der Waals surface area contributed by atoms with Crippen LogP contribution in [0.2, 0.25) is 0 Å². The molecule has 0 saturated carbocycles. The van der Waals surface area contributed by atoms with E-state index >= 15 is 0 Å². The van der Waals surface area contributed by atoms with Crippen molar-refractivity contribution in [2.24, 2.45) is 0 Å². The minimum atomic E-state index is 0.944. The van der Waals surface area contributed by atoms with Crippen LogP contribution in [-0.2, 0) is 12.8 Å². The second-order valence-corrected chi connectivity index (χ2v) is 4.04. The van der Waals surface area contributed by atoms with Gasteiger partial charge in [-0.2, -0.15) is 0 Å². The molecule has 0 spiro atoms. The highest BCUT2D eigenvalue weighted by atomic mass is 16.5. The summed E-state index contributed by atoms with van der Waals surface area (Å²) in [5.41, 5.74) is 2.34. The molecule has 0 unspecified atom stereocenters. The topological polar surface area (TPSA) is 22.4 Å². The lowest BCUT2D eigenvalue weighted by Crippen LogP contribution is -1.99. The lowest BCUT2D eigenvalue weighted by Gasteiger charge is -2.09. The van der Waals surface area contributed by atoms with Gasteiger partial charge in [-0.1, -0.05) is 6.07 Å². The van der Waals surface area contributed by atoms with Crippen LogP contribution in [0.1, 0.15) is 24.2 Å². The van der Waals surface area contributed by atoms with Crippen LogP contribution in [-0.4, -0.2) is 7.11 Å². The van der Waals surface area contributed by atoms with Gasteiger partial charge in [-0.05, 0) is 31.4 Å². The van der Waals surface area contributed by atoms with Gasteiger partial charge in [0.15, 0.2) is 0 Å². The minimum absolute atomic E-state index is 0.944. The molecule has 1 aliphatic carbocycles. The van der Waals surface area contributed by atoms with Crippen LogP contribution in [0.25, 0.3) is 11.0 Å². The van der Waals surface area contributed by atoms with Gasteiger partial charge in [-0.3, -0.25) is 0 Å². The number of rotatable bonds is 1. The molecule has 0 aliphatic heterocycles. The highest BCUT2D eigenvalue weighted by molar-refractivity contribution is 5.88. The van der Waals surface area contributed by atoms with Gasteiger partial charge in [0.05, 0.1) is 12.5 Å². The molecule has 1 aliphatic rings. The molecule has 0 atom stereocenters. The fourth-order valence-corrected chi connectivity index (χ4v) is 2.45. The Bertz CT molecular complexity index is 496. The van der Waals surface area contributed by atoms with Gasteiger partial charge in [-0.15, -0.1) is 0 Å². The summed E-state index contributed by atoms with van der Waals surface area (Å²) in [5, 5.41) is 1.19. The lowest BCUT2D eigenvalue weighted by atomic mass is 9.96. The van der Waals surface area contributed by atoms with E-state index in [0.29, 0.717) is 0 Å². The molecule has 0 fully saturated rings. The van der Waals surface area contributed by atoms with E-state index in [4.69, 9.17) is 9.15 Å². The summed E-state index contributed by atoms with van der Waals surface area (Å²) in [5.74, 6) is 2.11. The van der Waals surface area contributed by atoms with E-state index in [9.17, 15) is 0 Å². The molecule has 2 nitrogen and oxygen atoms in total. The fraction of sp³-hybridized carbons (Fsp3) is 0.385. The molecule has 0 N–H and O–H groups in total. The number of fused-ring (bicyclic) bond motifs is 3. The number of furan rings is 1. The van der Waals surface area contributed by atoms with E-state index in [1.807, 2.05) is 18.2 Å². The maximum Gasteiger partial charge on any atom is 0.138 e. The molecule has 2 aromatic rings. The predicted octanol–water partition coefficient (Wildman–Crippen LogP) is 3.32. The Morgan fingerprint density at radius 2 is 2.07 bits per heavy atom. The van der Waals surface area contributed by atoms with Gasteiger partial charge in [0.25, 0.3) is 0 Å². The Morgan fingerprint density at radius 3 is 2.93 bits per heavy atom. The zero-order valence-electron chi connectivity index (χ0n) is 8.88. The number of ether oxygens (including phenoxy) is 1. The molecule has 78 valence electrons. The molecule has 3 rings (SSSR count). The predicted molar refractivity (Wildman–Crippen MR) is 59.4 cm³/mol. The largest absolute Gasteiger partial charge is 0.496 e. The summed E-state index contributed by atoms with van der Waals surface area (Å²) in [7, 11) is 1.72. The van der Waals surface area contributed by atoms with Crippen LogP contribution in [0.5, 0.6) is 5.75 Å². The smallest absolute Gasteiger partial charge is 0.138 e. The summed E-state index contributed by atoms with van der Waals surface area (Å²) in [6.07, 6.45) is 4.71. The number of methoxy groups -OCH3 is 1. The van der Waals surface area contributed by atoms with Crippen LogP contribution in [0.15, 0.2) is 22.6 Å². The Morgan fingerprint density at radius 1 is 1.20 bits per heavy atom.